The van der Waals surface area contributed by atoms with Crippen LogP contribution in [0.4, 0.5) is 11.4 Å². The molecule has 4 amide bonds. The third kappa shape index (κ3) is 6.07. The molecular weight excluding hydrogens is 634 g/mol. The highest BCUT2D eigenvalue weighted by Gasteiger charge is 2.36. The van der Waals surface area contributed by atoms with E-state index in [-0.39, 0.29) is 42.6 Å². The summed E-state index contributed by atoms with van der Waals surface area (Å²) < 4.78 is 0. The van der Waals surface area contributed by atoms with Crippen LogP contribution < -0.4 is 10.2 Å². The number of aromatic nitrogens is 4. The standard InChI is InChI=1S/C37H35N9O4/c47-33(45-18-16-44(17-19-45)27-9-6-24(7-10-27)34-38-13-3-14-39-34)23-43-15-12-25(21-43)35(48)40-26-8-11-31-30(20-26)32(42-41-31)22-46-36(49)28-4-1-2-5-29(28)37(46)50/h1-11,13-14,20,25H,12,15-19,21-23H2,(H,40,48)(H,41,42)/t25-/m1/s1. The van der Waals surface area contributed by atoms with E-state index in [1.165, 1.54) is 4.90 Å². The van der Waals surface area contributed by atoms with Crippen molar-refractivity contribution in [1.29, 1.82) is 0 Å². The Kier molecular flexibility index (Phi) is 8.25. The SMILES string of the molecule is O=C(Nc1ccc2n[nH]c(CN3C(=O)c4ccccc4C3=O)c2c1)[C@@H]1CCN(CC(=O)N2CCN(c3ccc(-c4ncccn4)cc3)CC2)C1. The van der Waals surface area contributed by atoms with Gasteiger partial charge in [0.15, 0.2) is 5.82 Å². The molecule has 13 nitrogen and oxygen atoms in total. The molecule has 5 heterocycles. The number of amides is 4. The van der Waals surface area contributed by atoms with Gasteiger partial charge in [-0.3, -0.25) is 34.1 Å². The lowest BCUT2D eigenvalue weighted by molar-refractivity contribution is -0.132. The largest absolute Gasteiger partial charge is 0.368 e. The average molecular weight is 670 g/mol. The minimum absolute atomic E-state index is 0.0403. The summed E-state index contributed by atoms with van der Waals surface area (Å²) in [5.41, 5.74) is 4.72. The molecule has 13 heteroatoms. The zero-order valence-corrected chi connectivity index (χ0v) is 27.3. The minimum atomic E-state index is -0.342. The van der Waals surface area contributed by atoms with Crippen LogP contribution in [0.2, 0.25) is 0 Å². The fourth-order valence-corrected chi connectivity index (χ4v) is 7.01. The van der Waals surface area contributed by atoms with Crippen LogP contribution in [0.1, 0.15) is 32.8 Å². The van der Waals surface area contributed by atoms with Gasteiger partial charge in [-0.25, -0.2) is 9.97 Å². The monoisotopic (exact) mass is 669 g/mol. The van der Waals surface area contributed by atoms with E-state index >= 15 is 0 Å². The number of likely N-dealkylation sites (tertiary alicyclic amines) is 1. The number of carbonyl (C=O) groups is 4. The summed E-state index contributed by atoms with van der Waals surface area (Å²) in [4.78, 5) is 68.4. The maximum atomic E-state index is 13.3. The first kappa shape index (κ1) is 31.3. The van der Waals surface area contributed by atoms with Crippen molar-refractivity contribution in [3.8, 4) is 11.4 Å². The van der Waals surface area contributed by atoms with Gasteiger partial charge in [-0.15, -0.1) is 0 Å². The molecule has 0 bridgehead atoms. The number of hydrogen-bond donors (Lipinski definition) is 2. The van der Waals surface area contributed by atoms with Crippen LogP contribution in [0.15, 0.2) is 85.2 Å². The molecule has 252 valence electrons. The fraction of sp³-hybridized carbons (Fsp3) is 0.270. The van der Waals surface area contributed by atoms with Crippen molar-refractivity contribution in [2.75, 3.05) is 56.0 Å². The maximum absolute atomic E-state index is 13.3. The molecule has 0 radical (unpaired) electrons. The number of carbonyl (C=O) groups excluding carboxylic acids is 4. The van der Waals surface area contributed by atoms with Crippen molar-refractivity contribution in [1.82, 2.24) is 34.9 Å². The van der Waals surface area contributed by atoms with Crippen molar-refractivity contribution >= 4 is 45.9 Å². The van der Waals surface area contributed by atoms with Crippen molar-refractivity contribution in [3.63, 3.8) is 0 Å². The van der Waals surface area contributed by atoms with Crippen LogP contribution in [0.3, 0.4) is 0 Å². The first-order valence-corrected chi connectivity index (χ1v) is 16.8. The topological polar surface area (TPSA) is 148 Å². The Bertz CT molecular complexity index is 2060. The molecule has 5 aromatic rings. The zero-order chi connectivity index (χ0) is 34.2. The van der Waals surface area contributed by atoms with Crippen molar-refractivity contribution in [3.05, 3.63) is 102 Å². The minimum Gasteiger partial charge on any atom is -0.368 e. The Hall–Kier alpha value is -5.95. The normalized spacial score (nSPS) is 17.8. The summed E-state index contributed by atoms with van der Waals surface area (Å²) in [5.74, 6) is -0.264. The van der Waals surface area contributed by atoms with E-state index in [0.29, 0.717) is 66.4 Å². The molecule has 8 rings (SSSR count). The predicted molar refractivity (Wildman–Crippen MR) is 186 cm³/mol. The Morgan fingerprint density at radius 3 is 2.28 bits per heavy atom. The molecule has 2 saturated heterocycles. The Morgan fingerprint density at radius 2 is 1.56 bits per heavy atom. The number of rotatable bonds is 8. The number of fused-ring (bicyclic) bond motifs is 2. The molecule has 2 aromatic heterocycles. The van der Waals surface area contributed by atoms with Gasteiger partial charge >= 0.3 is 0 Å². The Labute approximate surface area is 287 Å². The molecule has 0 unspecified atom stereocenters. The van der Waals surface area contributed by atoms with E-state index in [0.717, 1.165) is 29.7 Å². The van der Waals surface area contributed by atoms with Gasteiger partial charge in [0.25, 0.3) is 11.8 Å². The fourth-order valence-electron chi connectivity index (χ4n) is 7.01. The molecule has 1 atom stereocenters. The van der Waals surface area contributed by atoms with Crippen molar-refractivity contribution in [2.45, 2.75) is 13.0 Å². The molecule has 0 saturated carbocycles. The van der Waals surface area contributed by atoms with E-state index < -0.39 is 0 Å². The summed E-state index contributed by atoms with van der Waals surface area (Å²) in [6.45, 7) is 4.30. The lowest BCUT2D eigenvalue weighted by atomic mass is 10.1. The van der Waals surface area contributed by atoms with Crippen molar-refractivity contribution in [2.24, 2.45) is 5.92 Å². The van der Waals surface area contributed by atoms with Crippen LogP contribution in [0.5, 0.6) is 0 Å². The van der Waals surface area contributed by atoms with Gasteiger partial charge in [-0.1, -0.05) is 12.1 Å². The van der Waals surface area contributed by atoms with Crippen LogP contribution in [0, 0.1) is 5.92 Å². The van der Waals surface area contributed by atoms with Crippen LogP contribution in [-0.4, -0.2) is 104 Å². The molecule has 3 aromatic carbocycles. The number of imide groups is 1. The number of nitrogens with zero attached hydrogens (tertiary/aromatic N) is 7. The molecule has 3 aliphatic heterocycles. The van der Waals surface area contributed by atoms with E-state index in [1.807, 2.05) is 23.1 Å². The second kappa shape index (κ2) is 13.2. The number of benzene rings is 3. The second-order valence-electron chi connectivity index (χ2n) is 12.9. The average Bonchev–Trinajstić information content (AvgIpc) is 3.86. The highest BCUT2D eigenvalue weighted by atomic mass is 16.2. The van der Waals surface area contributed by atoms with E-state index in [1.54, 1.807) is 54.9 Å². The number of H-pyrrole nitrogens is 1. The molecule has 50 heavy (non-hydrogen) atoms. The molecular formula is C37H35N9O4. The van der Waals surface area contributed by atoms with Gasteiger partial charge in [0.1, 0.15) is 0 Å². The number of piperazine rings is 1. The Balaban J connectivity index is 0.827. The van der Waals surface area contributed by atoms with E-state index in [2.05, 4.69) is 47.4 Å². The molecule has 0 aliphatic carbocycles. The number of aromatic amines is 1. The number of anilines is 2. The summed E-state index contributed by atoms with van der Waals surface area (Å²) >= 11 is 0. The van der Waals surface area contributed by atoms with Gasteiger partial charge in [-0.2, -0.15) is 5.10 Å². The summed E-state index contributed by atoms with van der Waals surface area (Å²) in [5, 5.41) is 11.0. The van der Waals surface area contributed by atoms with E-state index in [9.17, 15) is 19.2 Å². The third-order valence-corrected chi connectivity index (χ3v) is 9.79. The van der Waals surface area contributed by atoms with Gasteiger partial charge < -0.3 is 15.1 Å². The van der Waals surface area contributed by atoms with Gasteiger partial charge in [0, 0.05) is 67.4 Å². The molecule has 3 aliphatic rings. The maximum Gasteiger partial charge on any atom is 0.261 e. The third-order valence-electron chi connectivity index (χ3n) is 9.79. The predicted octanol–water partition coefficient (Wildman–Crippen LogP) is 3.43. The number of hydrogen-bond acceptors (Lipinski definition) is 9. The number of nitrogens with one attached hydrogen (secondary N) is 2. The van der Waals surface area contributed by atoms with Crippen LogP contribution in [-0.2, 0) is 16.1 Å². The highest BCUT2D eigenvalue weighted by Crippen LogP contribution is 2.28. The summed E-state index contributed by atoms with van der Waals surface area (Å²) in [6, 6.07) is 22.2. The first-order chi connectivity index (χ1) is 24.4. The lowest BCUT2D eigenvalue weighted by Gasteiger charge is -2.36. The van der Waals surface area contributed by atoms with Gasteiger partial charge in [0.05, 0.1) is 41.3 Å². The molecule has 2 N–H and O–H groups in total. The molecule has 2 fully saturated rings. The summed E-state index contributed by atoms with van der Waals surface area (Å²) in [7, 11) is 0. The van der Waals surface area contributed by atoms with Crippen LogP contribution >= 0.6 is 0 Å². The second-order valence-corrected chi connectivity index (χ2v) is 12.9. The first-order valence-electron chi connectivity index (χ1n) is 16.8. The lowest BCUT2D eigenvalue weighted by Crippen LogP contribution is -2.51. The van der Waals surface area contributed by atoms with Gasteiger partial charge in [0.2, 0.25) is 11.8 Å². The van der Waals surface area contributed by atoms with Gasteiger partial charge in [-0.05, 0) is 73.6 Å². The highest BCUT2D eigenvalue weighted by molar-refractivity contribution is 6.21. The van der Waals surface area contributed by atoms with Crippen LogP contribution in [0.25, 0.3) is 22.3 Å². The quantitative estimate of drug-likeness (QED) is 0.237. The Morgan fingerprint density at radius 1 is 0.840 bits per heavy atom. The zero-order valence-electron chi connectivity index (χ0n) is 27.3. The van der Waals surface area contributed by atoms with E-state index in [4.69, 9.17) is 0 Å². The molecule has 0 spiro atoms. The smallest absolute Gasteiger partial charge is 0.261 e. The van der Waals surface area contributed by atoms with Crippen molar-refractivity contribution < 1.29 is 19.2 Å². The summed E-state index contributed by atoms with van der Waals surface area (Å²) in [6.07, 6.45) is 4.13.